The van der Waals surface area contributed by atoms with Gasteiger partial charge in [-0.1, -0.05) is 78.7 Å². The standard InChI is InChI=1S/C23H13N2O2.C21H20N.Ir/c1-3-10-19-17(8-1)25-18-9-2-4-11-20(18)27-23-15(16-7-5-6-14-24-16)12-13-21(26-19)22(23)25;1-14-5-8-18(9-6-14)21-12-20(17(4)13-22-21)19-10-7-15(2)11-16(19)3;/h1-11,13-14H;5-8,10-13H,1-4H3;/q2*-1;. The van der Waals surface area contributed by atoms with Crippen molar-refractivity contribution in [3.05, 3.63) is 162 Å². The maximum Gasteiger partial charge on any atom is 0.138 e. The van der Waals surface area contributed by atoms with Gasteiger partial charge in [-0.05, 0) is 84.7 Å². The molecular formula is C44H33IrN3O2-2. The van der Waals surface area contributed by atoms with E-state index < -0.39 is 0 Å². The van der Waals surface area contributed by atoms with Crippen LogP contribution in [0.15, 0.2) is 128 Å². The predicted octanol–water partition coefficient (Wildman–Crippen LogP) is 11.7. The summed E-state index contributed by atoms with van der Waals surface area (Å²) in [5.74, 6) is 3.04. The zero-order chi connectivity index (χ0) is 33.5. The van der Waals surface area contributed by atoms with Crippen LogP contribution in [-0.2, 0) is 20.1 Å². The molecule has 5 nitrogen and oxygen atoms in total. The molecule has 0 saturated heterocycles. The van der Waals surface area contributed by atoms with E-state index in [0.29, 0.717) is 5.75 Å². The largest absolute Gasteiger partial charge is 0.497 e. The second-order valence-electron chi connectivity index (χ2n) is 12.4. The van der Waals surface area contributed by atoms with Gasteiger partial charge in [0.1, 0.15) is 11.5 Å². The third-order valence-corrected chi connectivity index (χ3v) is 8.83. The van der Waals surface area contributed by atoms with E-state index in [1.807, 2.05) is 72.9 Å². The van der Waals surface area contributed by atoms with Crippen LogP contribution >= 0.6 is 0 Å². The number of fused-ring (bicyclic) bond motifs is 4. The molecule has 0 saturated carbocycles. The summed E-state index contributed by atoms with van der Waals surface area (Å²) in [7, 11) is 0. The Hall–Kier alpha value is -5.55. The zero-order valence-corrected chi connectivity index (χ0v) is 30.5. The van der Waals surface area contributed by atoms with Gasteiger partial charge in [0.2, 0.25) is 0 Å². The van der Waals surface area contributed by atoms with E-state index in [2.05, 4.69) is 103 Å². The summed E-state index contributed by atoms with van der Waals surface area (Å²) < 4.78 is 12.5. The quantitative estimate of drug-likeness (QED) is 0.166. The van der Waals surface area contributed by atoms with Crippen molar-refractivity contribution in [1.29, 1.82) is 0 Å². The average molecular weight is 828 g/mol. The second kappa shape index (κ2) is 13.8. The summed E-state index contributed by atoms with van der Waals surface area (Å²) in [5, 5.41) is 0. The molecule has 0 fully saturated rings. The molecule has 6 heteroatoms. The molecule has 0 amide bonds. The van der Waals surface area contributed by atoms with Crippen LogP contribution in [0, 0.1) is 39.8 Å². The molecule has 9 rings (SSSR count). The Morgan fingerprint density at radius 2 is 1.30 bits per heavy atom. The van der Waals surface area contributed by atoms with Crippen molar-refractivity contribution in [3.8, 4) is 56.6 Å². The van der Waals surface area contributed by atoms with E-state index in [4.69, 9.17) is 9.47 Å². The summed E-state index contributed by atoms with van der Waals surface area (Å²) in [6.45, 7) is 8.48. The maximum atomic E-state index is 6.33. The Balaban J connectivity index is 0.000000157. The Kier molecular flexibility index (Phi) is 9.07. The maximum absolute atomic E-state index is 6.33. The van der Waals surface area contributed by atoms with Crippen LogP contribution in [0.25, 0.3) is 33.6 Å². The van der Waals surface area contributed by atoms with Gasteiger partial charge in [0.25, 0.3) is 0 Å². The van der Waals surface area contributed by atoms with Crippen molar-refractivity contribution >= 4 is 17.1 Å². The molecule has 0 aliphatic carbocycles. The molecule has 2 aliphatic rings. The SMILES string of the molecule is Cc1c[c-]c(-c2cc(-c3ccc(C)cc3C)c(C)cn2)cc1.[Ir].[c-]1cc2c3c(c1-c1ccccn1)Oc1ccccc1N3c1ccccc1O2. The summed E-state index contributed by atoms with van der Waals surface area (Å²) in [6.07, 6.45) is 3.73. The van der Waals surface area contributed by atoms with Crippen molar-refractivity contribution in [2.75, 3.05) is 4.90 Å². The first-order valence-corrected chi connectivity index (χ1v) is 16.3. The van der Waals surface area contributed by atoms with Gasteiger partial charge < -0.3 is 24.3 Å². The normalized spacial score (nSPS) is 11.7. The van der Waals surface area contributed by atoms with E-state index in [1.54, 1.807) is 6.20 Å². The molecule has 1 radical (unpaired) electrons. The predicted molar refractivity (Wildman–Crippen MR) is 196 cm³/mol. The van der Waals surface area contributed by atoms with Crippen LogP contribution in [0.1, 0.15) is 22.3 Å². The first-order chi connectivity index (χ1) is 23.9. The van der Waals surface area contributed by atoms with E-state index in [-0.39, 0.29) is 20.1 Å². The number of pyridine rings is 2. The summed E-state index contributed by atoms with van der Waals surface area (Å²) in [6, 6.07) is 45.3. The van der Waals surface area contributed by atoms with E-state index in [0.717, 1.165) is 56.8 Å². The molecule has 0 unspecified atom stereocenters. The number of ether oxygens (including phenoxy) is 2. The molecule has 4 heterocycles. The van der Waals surface area contributed by atoms with Crippen molar-refractivity contribution in [1.82, 2.24) is 9.97 Å². The monoisotopic (exact) mass is 828 g/mol. The Morgan fingerprint density at radius 1 is 0.580 bits per heavy atom. The van der Waals surface area contributed by atoms with Gasteiger partial charge in [-0.3, -0.25) is 0 Å². The number of aryl methyl sites for hydroxylation is 4. The topological polar surface area (TPSA) is 47.5 Å². The fraction of sp³-hybridized carbons (Fsp3) is 0.0909. The Bertz CT molecular complexity index is 2330. The minimum Gasteiger partial charge on any atom is -0.497 e. The average Bonchev–Trinajstić information content (AvgIpc) is 3.13. The minimum absolute atomic E-state index is 0. The number of rotatable bonds is 3. The van der Waals surface area contributed by atoms with Gasteiger partial charge in [-0.25, -0.2) is 0 Å². The molecule has 7 aromatic rings. The third kappa shape index (κ3) is 6.09. The fourth-order valence-corrected chi connectivity index (χ4v) is 6.39. The number of hydrogen-bond acceptors (Lipinski definition) is 5. The number of aromatic nitrogens is 2. The van der Waals surface area contributed by atoms with Crippen molar-refractivity contribution in [2.24, 2.45) is 0 Å². The van der Waals surface area contributed by atoms with Crippen LogP contribution < -0.4 is 14.4 Å². The molecule has 0 atom stereocenters. The molecule has 5 aromatic carbocycles. The van der Waals surface area contributed by atoms with E-state index in [9.17, 15) is 0 Å². The van der Waals surface area contributed by atoms with Crippen molar-refractivity contribution in [3.63, 3.8) is 0 Å². The molecular weight excluding hydrogens is 795 g/mol. The summed E-state index contributed by atoms with van der Waals surface area (Å²) in [4.78, 5) is 11.3. The smallest absolute Gasteiger partial charge is 0.138 e. The van der Waals surface area contributed by atoms with Gasteiger partial charge in [0, 0.05) is 38.2 Å². The van der Waals surface area contributed by atoms with Crippen LogP contribution in [0.5, 0.6) is 23.0 Å². The van der Waals surface area contributed by atoms with Crippen LogP contribution in [-0.4, -0.2) is 9.97 Å². The number of hydrogen-bond donors (Lipinski definition) is 0. The van der Waals surface area contributed by atoms with Crippen LogP contribution in [0.2, 0.25) is 0 Å². The molecule has 0 N–H and O–H groups in total. The van der Waals surface area contributed by atoms with Gasteiger partial charge in [0.05, 0.1) is 22.9 Å². The second-order valence-corrected chi connectivity index (χ2v) is 12.4. The van der Waals surface area contributed by atoms with Crippen LogP contribution in [0.4, 0.5) is 17.1 Å². The van der Waals surface area contributed by atoms with E-state index in [1.165, 1.54) is 33.4 Å². The van der Waals surface area contributed by atoms with Gasteiger partial charge in [0.15, 0.2) is 0 Å². The Morgan fingerprint density at radius 3 is 2.00 bits per heavy atom. The van der Waals surface area contributed by atoms with Crippen LogP contribution in [0.3, 0.4) is 0 Å². The molecule has 0 bridgehead atoms. The number of para-hydroxylation sites is 4. The molecule has 50 heavy (non-hydrogen) atoms. The first kappa shape index (κ1) is 33.0. The first-order valence-electron chi connectivity index (χ1n) is 16.3. The van der Waals surface area contributed by atoms with Gasteiger partial charge >= 0.3 is 0 Å². The van der Waals surface area contributed by atoms with Gasteiger partial charge in [-0.15, -0.1) is 47.5 Å². The number of anilines is 3. The number of nitrogens with zero attached hydrogens (tertiary/aromatic N) is 3. The molecule has 2 aromatic heterocycles. The Labute approximate surface area is 306 Å². The molecule has 2 aliphatic heterocycles. The summed E-state index contributed by atoms with van der Waals surface area (Å²) >= 11 is 0. The van der Waals surface area contributed by atoms with Gasteiger partial charge in [-0.2, -0.15) is 0 Å². The fourth-order valence-electron chi connectivity index (χ4n) is 6.39. The van der Waals surface area contributed by atoms with E-state index >= 15 is 0 Å². The van der Waals surface area contributed by atoms with Crippen molar-refractivity contribution < 1.29 is 29.6 Å². The molecule has 247 valence electrons. The minimum atomic E-state index is 0. The zero-order valence-electron chi connectivity index (χ0n) is 28.1. The number of benzene rings is 5. The summed E-state index contributed by atoms with van der Waals surface area (Å²) in [5.41, 5.74) is 14.0. The molecule has 0 spiro atoms. The van der Waals surface area contributed by atoms with Crippen molar-refractivity contribution in [2.45, 2.75) is 27.7 Å². The third-order valence-electron chi connectivity index (χ3n) is 8.83.